The number of benzene rings is 1. The van der Waals surface area contributed by atoms with Crippen LogP contribution in [0.3, 0.4) is 0 Å². The van der Waals surface area contributed by atoms with Gasteiger partial charge >= 0.3 is 0 Å². The van der Waals surface area contributed by atoms with Crippen molar-refractivity contribution in [2.24, 2.45) is 5.92 Å². The van der Waals surface area contributed by atoms with Crippen LogP contribution in [0, 0.1) is 11.7 Å². The fourth-order valence-electron chi connectivity index (χ4n) is 4.61. The molecular weight excluding hydrogens is 387 g/mol. The molecule has 0 unspecified atom stereocenters. The summed E-state index contributed by atoms with van der Waals surface area (Å²) in [4.78, 5) is 18.6. The number of carbonyl (C=O) groups is 1. The van der Waals surface area contributed by atoms with Crippen LogP contribution in [0.25, 0.3) is 0 Å². The van der Waals surface area contributed by atoms with Gasteiger partial charge in [-0.15, -0.1) is 0 Å². The first kappa shape index (κ1) is 19.3. The maximum atomic E-state index is 13.8. The minimum Gasteiger partial charge on any atom is -0.493 e. The van der Waals surface area contributed by atoms with E-state index in [0.717, 1.165) is 37.2 Å². The lowest BCUT2D eigenvalue weighted by Gasteiger charge is -2.50. The predicted molar refractivity (Wildman–Crippen MR) is 107 cm³/mol. The lowest BCUT2D eigenvalue weighted by Crippen LogP contribution is -2.67. The molecule has 0 N–H and O–H groups in total. The Kier molecular flexibility index (Phi) is 5.06. The molecule has 4 heterocycles. The molecule has 1 aromatic heterocycles. The summed E-state index contributed by atoms with van der Waals surface area (Å²) in [6.45, 7) is 2.84. The molecule has 0 bridgehead atoms. The number of carbonyl (C=O) groups excluding carboxylic acids is 1. The zero-order valence-electron chi connectivity index (χ0n) is 16.8. The number of halogens is 1. The Hall–Kier alpha value is -2.67. The smallest absolute Gasteiger partial charge is 0.250 e. The molecule has 3 aliphatic rings. The van der Waals surface area contributed by atoms with Gasteiger partial charge in [0.2, 0.25) is 11.8 Å². The van der Waals surface area contributed by atoms with Crippen molar-refractivity contribution in [3.8, 4) is 11.6 Å². The first-order valence-electron chi connectivity index (χ1n) is 10.5. The fraction of sp³-hybridized carbons (Fsp3) is 0.478. The minimum absolute atomic E-state index is 0.0168. The molecule has 2 aromatic rings. The molecule has 2 fully saturated rings. The third-order valence-electron chi connectivity index (χ3n) is 6.34. The number of aryl methyl sites for hydroxylation is 1. The van der Waals surface area contributed by atoms with Gasteiger partial charge in [-0.3, -0.25) is 4.79 Å². The number of likely N-dealkylation sites (tertiary alicyclic amines) is 1. The number of ether oxygens (including phenoxy) is 3. The molecule has 3 aliphatic heterocycles. The second kappa shape index (κ2) is 7.87. The van der Waals surface area contributed by atoms with Crippen LogP contribution in [0.15, 0.2) is 36.5 Å². The Morgan fingerprint density at radius 2 is 2.20 bits per heavy atom. The highest BCUT2D eigenvalue weighted by atomic mass is 19.1. The number of rotatable bonds is 5. The number of nitrogens with zero attached hydrogens (tertiary/aromatic N) is 2. The number of amides is 1. The highest BCUT2D eigenvalue weighted by molar-refractivity contribution is 5.80. The quantitative estimate of drug-likeness (QED) is 0.756. The van der Waals surface area contributed by atoms with Gasteiger partial charge in [0, 0.05) is 18.7 Å². The van der Waals surface area contributed by atoms with Crippen molar-refractivity contribution in [1.82, 2.24) is 9.88 Å². The first-order valence-corrected chi connectivity index (χ1v) is 10.5. The molecule has 6 nitrogen and oxygen atoms in total. The van der Waals surface area contributed by atoms with Crippen LogP contribution in [-0.2, 0) is 22.4 Å². The van der Waals surface area contributed by atoms with E-state index in [9.17, 15) is 9.18 Å². The third kappa shape index (κ3) is 3.62. The molecule has 2 saturated heterocycles. The van der Waals surface area contributed by atoms with E-state index in [1.165, 1.54) is 23.9 Å². The van der Waals surface area contributed by atoms with Gasteiger partial charge < -0.3 is 19.1 Å². The molecule has 0 aliphatic carbocycles. The Labute approximate surface area is 174 Å². The summed E-state index contributed by atoms with van der Waals surface area (Å²) in [5.74, 6) is 0.702. The molecule has 0 radical (unpaired) electrons. The predicted octanol–water partition coefficient (Wildman–Crippen LogP) is 2.78. The molecule has 158 valence electrons. The monoisotopic (exact) mass is 412 g/mol. The van der Waals surface area contributed by atoms with Gasteiger partial charge in [-0.1, -0.05) is 12.1 Å². The van der Waals surface area contributed by atoms with E-state index in [1.54, 1.807) is 0 Å². The zero-order valence-corrected chi connectivity index (χ0v) is 16.8. The van der Waals surface area contributed by atoms with Crippen LogP contribution in [0.1, 0.15) is 24.0 Å². The number of pyridine rings is 1. The van der Waals surface area contributed by atoms with Gasteiger partial charge in [0.1, 0.15) is 11.4 Å². The van der Waals surface area contributed by atoms with Gasteiger partial charge in [-0.25, -0.2) is 9.37 Å². The summed E-state index contributed by atoms with van der Waals surface area (Å²) in [7, 11) is 0. The van der Waals surface area contributed by atoms with E-state index < -0.39 is 5.82 Å². The Morgan fingerprint density at radius 3 is 3.07 bits per heavy atom. The van der Waals surface area contributed by atoms with E-state index in [0.29, 0.717) is 32.7 Å². The van der Waals surface area contributed by atoms with Crippen LogP contribution >= 0.6 is 0 Å². The van der Waals surface area contributed by atoms with Crippen molar-refractivity contribution in [1.29, 1.82) is 0 Å². The summed E-state index contributed by atoms with van der Waals surface area (Å²) in [5, 5.41) is 0. The minimum atomic E-state index is -0.466. The molecule has 1 atom stereocenters. The van der Waals surface area contributed by atoms with E-state index in [4.69, 9.17) is 14.2 Å². The number of hydrogen-bond acceptors (Lipinski definition) is 5. The lowest BCUT2D eigenvalue weighted by atomic mass is 9.81. The molecular formula is C23H25FN2O4. The van der Waals surface area contributed by atoms with E-state index in [2.05, 4.69) is 11.1 Å². The van der Waals surface area contributed by atoms with Gasteiger partial charge in [0.25, 0.3) is 0 Å². The SMILES string of the molecule is O=C(Cc1ccc2c(c1)CCCO2)N1CC2(C1)OCC[C@@H]2COc1ncccc1F. The fourth-order valence-corrected chi connectivity index (χ4v) is 4.61. The normalized spacial score (nSPS) is 21.6. The van der Waals surface area contributed by atoms with Crippen molar-refractivity contribution in [2.75, 3.05) is 32.9 Å². The molecule has 0 saturated carbocycles. The average Bonchev–Trinajstić information content (AvgIpc) is 3.16. The number of fused-ring (bicyclic) bond motifs is 1. The summed E-state index contributed by atoms with van der Waals surface area (Å²) in [6, 6.07) is 8.90. The lowest BCUT2D eigenvalue weighted by molar-refractivity contribution is -0.166. The summed E-state index contributed by atoms with van der Waals surface area (Å²) in [5.41, 5.74) is 1.82. The van der Waals surface area contributed by atoms with Crippen molar-refractivity contribution in [3.63, 3.8) is 0 Å². The molecule has 7 heteroatoms. The Bertz CT molecular complexity index is 945. The maximum absolute atomic E-state index is 13.8. The Balaban J connectivity index is 1.17. The van der Waals surface area contributed by atoms with Crippen molar-refractivity contribution in [3.05, 3.63) is 53.5 Å². The number of aromatic nitrogens is 1. The maximum Gasteiger partial charge on any atom is 0.250 e. The summed E-state index contributed by atoms with van der Waals surface area (Å²) < 4.78 is 31.0. The summed E-state index contributed by atoms with van der Waals surface area (Å²) in [6.07, 6.45) is 4.74. The largest absolute Gasteiger partial charge is 0.493 e. The van der Waals surface area contributed by atoms with E-state index >= 15 is 0 Å². The Morgan fingerprint density at radius 1 is 1.30 bits per heavy atom. The topological polar surface area (TPSA) is 60.9 Å². The zero-order chi connectivity index (χ0) is 20.6. The second-order valence-electron chi connectivity index (χ2n) is 8.32. The average molecular weight is 412 g/mol. The van der Waals surface area contributed by atoms with Crippen LogP contribution in [-0.4, -0.2) is 54.3 Å². The molecule has 30 heavy (non-hydrogen) atoms. The first-order chi connectivity index (χ1) is 14.6. The van der Waals surface area contributed by atoms with Gasteiger partial charge in [-0.05, 0) is 48.6 Å². The van der Waals surface area contributed by atoms with Gasteiger partial charge in [0.05, 0.1) is 32.7 Å². The van der Waals surface area contributed by atoms with Crippen LogP contribution in [0.5, 0.6) is 11.6 Å². The second-order valence-corrected chi connectivity index (χ2v) is 8.32. The van der Waals surface area contributed by atoms with Gasteiger partial charge in [-0.2, -0.15) is 0 Å². The standard InChI is InChI=1S/C23H25FN2O4/c24-19-4-1-8-25-22(19)29-13-18-7-10-30-23(18)14-26(15-23)21(27)12-16-5-6-20-17(11-16)3-2-9-28-20/h1,4-6,8,11,18H,2-3,7,9-10,12-15H2/t18-/m1/s1. The van der Waals surface area contributed by atoms with E-state index in [1.807, 2.05) is 17.0 Å². The van der Waals surface area contributed by atoms with Crippen LogP contribution in [0.4, 0.5) is 4.39 Å². The molecule has 1 amide bonds. The molecule has 5 rings (SSSR count). The molecule has 1 spiro atoms. The number of hydrogen-bond donors (Lipinski definition) is 0. The third-order valence-corrected chi connectivity index (χ3v) is 6.34. The highest BCUT2D eigenvalue weighted by Gasteiger charge is 2.54. The molecule has 1 aromatic carbocycles. The highest BCUT2D eigenvalue weighted by Crippen LogP contribution is 2.40. The van der Waals surface area contributed by atoms with Crippen molar-refractivity contribution >= 4 is 5.91 Å². The van der Waals surface area contributed by atoms with Crippen molar-refractivity contribution < 1.29 is 23.4 Å². The van der Waals surface area contributed by atoms with Crippen LogP contribution < -0.4 is 9.47 Å². The van der Waals surface area contributed by atoms with Crippen LogP contribution in [0.2, 0.25) is 0 Å². The summed E-state index contributed by atoms with van der Waals surface area (Å²) >= 11 is 0. The van der Waals surface area contributed by atoms with E-state index in [-0.39, 0.29) is 23.3 Å². The van der Waals surface area contributed by atoms with Crippen molar-refractivity contribution in [2.45, 2.75) is 31.3 Å². The van der Waals surface area contributed by atoms with Gasteiger partial charge in [0.15, 0.2) is 5.82 Å².